The van der Waals surface area contributed by atoms with Gasteiger partial charge in [0.05, 0.1) is 12.3 Å². The van der Waals surface area contributed by atoms with Gasteiger partial charge < -0.3 is 14.2 Å². The molecule has 2 aliphatic heterocycles. The Morgan fingerprint density at radius 1 is 1.38 bits per heavy atom. The van der Waals surface area contributed by atoms with Gasteiger partial charge in [0.1, 0.15) is 12.2 Å². The molecule has 1 aromatic rings. The van der Waals surface area contributed by atoms with Crippen LogP contribution in [-0.2, 0) is 14.2 Å². The molecule has 0 amide bonds. The van der Waals surface area contributed by atoms with E-state index in [0.717, 1.165) is 10.8 Å². The molecule has 7 nitrogen and oxygen atoms in total. The van der Waals surface area contributed by atoms with Crippen molar-refractivity contribution >= 4 is 22.6 Å². The Bertz CT molecular complexity index is 672. The van der Waals surface area contributed by atoms with Gasteiger partial charge >= 0.3 is 5.69 Å². The summed E-state index contributed by atoms with van der Waals surface area (Å²) in [5, 5.41) is 0. The van der Waals surface area contributed by atoms with Gasteiger partial charge in [-0.15, -0.1) is 0 Å². The summed E-state index contributed by atoms with van der Waals surface area (Å²) in [6.07, 6.45) is -1.15. The molecule has 0 spiro atoms. The first-order chi connectivity index (χ1) is 9.82. The van der Waals surface area contributed by atoms with Crippen molar-refractivity contribution < 1.29 is 18.6 Å². The zero-order chi connectivity index (χ0) is 15.4. The van der Waals surface area contributed by atoms with Crippen LogP contribution >= 0.6 is 22.6 Å². The minimum absolute atomic E-state index is 0.274. The zero-order valence-electron chi connectivity index (χ0n) is 11.3. The SMILES string of the molecule is CC1(C)O[C@@H]2[C@@H](O1)[C@@H](CI)O[C@H]2n1cc(F)c(=O)[nH]c1=O. The molecule has 2 fully saturated rings. The molecule has 1 aromatic heterocycles. The van der Waals surface area contributed by atoms with E-state index >= 15 is 0 Å². The number of nitrogens with one attached hydrogen (secondary N) is 1. The summed E-state index contributed by atoms with van der Waals surface area (Å²) < 4.78 is 32.4. The van der Waals surface area contributed by atoms with Gasteiger partial charge in [-0.1, -0.05) is 22.6 Å². The summed E-state index contributed by atoms with van der Waals surface area (Å²) in [6.45, 7) is 3.53. The van der Waals surface area contributed by atoms with Gasteiger partial charge in [0.2, 0.25) is 5.82 Å². The summed E-state index contributed by atoms with van der Waals surface area (Å²) in [7, 11) is 0. The molecule has 0 aliphatic carbocycles. The number of halogens is 2. The monoisotopic (exact) mass is 412 g/mol. The summed E-state index contributed by atoms with van der Waals surface area (Å²) in [4.78, 5) is 24.9. The van der Waals surface area contributed by atoms with E-state index in [-0.39, 0.29) is 12.2 Å². The van der Waals surface area contributed by atoms with E-state index in [0.29, 0.717) is 4.43 Å². The number of aromatic nitrogens is 2. The first-order valence-electron chi connectivity index (χ1n) is 6.40. The fourth-order valence-corrected chi connectivity index (χ4v) is 3.37. The molecule has 116 valence electrons. The fourth-order valence-electron chi connectivity index (χ4n) is 2.66. The van der Waals surface area contributed by atoms with E-state index in [2.05, 4.69) is 22.6 Å². The summed E-state index contributed by atoms with van der Waals surface area (Å²) in [5.74, 6) is -1.85. The lowest BCUT2D eigenvalue weighted by atomic mass is 10.1. The van der Waals surface area contributed by atoms with Crippen molar-refractivity contribution in [3.8, 4) is 0 Å². The number of ether oxygens (including phenoxy) is 3. The smallest absolute Gasteiger partial charge is 0.330 e. The predicted octanol–water partition coefficient (Wildman–Crippen LogP) is 0.528. The molecule has 0 radical (unpaired) electrons. The molecule has 0 saturated carbocycles. The normalized spacial score (nSPS) is 34.1. The molecule has 0 aromatic carbocycles. The van der Waals surface area contributed by atoms with E-state index < -0.39 is 35.2 Å². The Kier molecular flexibility index (Phi) is 3.71. The lowest BCUT2D eigenvalue weighted by Crippen LogP contribution is -2.38. The predicted molar refractivity (Wildman–Crippen MR) is 77.9 cm³/mol. The lowest BCUT2D eigenvalue weighted by Gasteiger charge is -2.24. The second-order valence-corrected chi connectivity index (χ2v) is 6.31. The van der Waals surface area contributed by atoms with Crippen LogP contribution in [0.5, 0.6) is 0 Å². The van der Waals surface area contributed by atoms with Crippen LogP contribution in [0.1, 0.15) is 20.1 Å². The van der Waals surface area contributed by atoms with Crippen LogP contribution in [0.15, 0.2) is 15.8 Å². The highest BCUT2D eigenvalue weighted by Crippen LogP contribution is 2.42. The van der Waals surface area contributed by atoms with Crippen molar-refractivity contribution in [1.29, 1.82) is 0 Å². The van der Waals surface area contributed by atoms with Crippen LogP contribution in [0, 0.1) is 5.82 Å². The van der Waals surface area contributed by atoms with Crippen LogP contribution in [0.25, 0.3) is 0 Å². The first kappa shape index (κ1) is 15.1. The van der Waals surface area contributed by atoms with Gasteiger partial charge in [0, 0.05) is 4.43 Å². The average molecular weight is 412 g/mol. The summed E-state index contributed by atoms with van der Waals surface area (Å²) in [5.41, 5.74) is -1.80. The Hall–Kier alpha value is -0.780. The second-order valence-electron chi connectivity index (χ2n) is 5.43. The number of nitrogens with zero attached hydrogens (tertiary/aromatic N) is 1. The second kappa shape index (κ2) is 5.14. The largest absolute Gasteiger partial charge is 0.348 e. The topological polar surface area (TPSA) is 82.6 Å². The van der Waals surface area contributed by atoms with Crippen LogP contribution < -0.4 is 11.2 Å². The summed E-state index contributed by atoms with van der Waals surface area (Å²) >= 11 is 2.15. The minimum Gasteiger partial charge on any atom is -0.348 e. The van der Waals surface area contributed by atoms with Crippen molar-refractivity contribution in [3.63, 3.8) is 0 Å². The third kappa shape index (κ3) is 2.56. The maximum atomic E-state index is 13.5. The molecule has 0 unspecified atom stereocenters. The van der Waals surface area contributed by atoms with E-state index in [1.54, 1.807) is 13.8 Å². The number of rotatable bonds is 2. The van der Waals surface area contributed by atoms with Crippen molar-refractivity contribution in [3.05, 3.63) is 32.9 Å². The quantitative estimate of drug-likeness (QED) is 0.566. The number of fused-ring (bicyclic) bond motifs is 1. The van der Waals surface area contributed by atoms with E-state index in [9.17, 15) is 14.0 Å². The van der Waals surface area contributed by atoms with Gasteiger partial charge in [-0.3, -0.25) is 14.3 Å². The van der Waals surface area contributed by atoms with Crippen LogP contribution in [0.4, 0.5) is 4.39 Å². The van der Waals surface area contributed by atoms with Gasteiger partial charge in [-0.05, 0) is 13.8 Å². The van der Waals surface area contributed by atoms with Crippen molar-refractivity contribution in [2.24, 2.45) is 0 Å². The number of aromatic amines is 1. The summed E-state index contributed by atoms with van der Waals surface area (Å²) in [6, 6.07) is 0. The van der Waals surface area contributed by atoms with Gasteiger partial charge in [-0.25, -0.2) is 4.79 Å². The molecule has 3 heterocycles. The van der Waals surface area contributed by atoms with Gasteiger partial charge in [-0.2, -0.15) is 4.39 Å². The van der Waals surface area contributed by atoms with E-state index in [1.165, 1.54) is 0 Å². The zero-order valence-corrected chi connectivity index (χ0v) is 13.5. The van der Waals surface area contributed by atoms with Crippen LogP contribution in [0.2, 0.25) is 0 Å². The Morgan fingerprint density at radius 2 is 2.05 bits per heavy atom. The van der Waals surface area contributed by atoms with Gasteiger partial charge in [0.15, 0.2) is 12.0 Å². The highest BCUT2D eigenvalue weighted by molar-refractivity contribution is 14.1. The van der Waals surface area contributed by atoms with Crippen molar-refractivity contribution in [2.75, 3.05) is 4.43 Å². The van der Waals surface area contributed by atoms with Gasteiger partial charge in [0.25, 0.3) is 5.56 Å². The third-order valence-corrected chi connectivity index (χ3v) is 4.34. The number of hydrogen-bond donors (Lipinski definition) is 1. The number of hydrogen-bond acceptors (Lipinski definition) is 5. The molecular weight excluding hydrogens is 398 g/mol. The van der Waals surface area contributed by atoms with E-state index in [1.807, 2.05) is 4.98 Å². The Balaban J connectivity index is 2.01. The van der Waals surface area contributed by atoms with Crippen molar-refractivity contribution in [2.45, 2.75) is 44.2 Å². The molecule has 2 saturated heterocycles. The standard InChI is InChI=1S/C12H14FIN2O5/c1-12(2)20-7-6(3-14)19-10(8(7)21-12)16-4-5(13)9(17)15-11(16)18/h4,6-8,10H,3H2,1-2H3,(H,15,17,18)/t6-,7+,8-,10-/m1/s1. The molecule has 2 aliphatic rings. The molecule has 0 bridgehead atoms. The molecular formula is C12H14FIN2O5. The molecule has 3 rings (SSSR count). The Labute approximate surface area is 132 Å². The maximum absolute atomic E-state index is 13.5. The minimum atomic E-state index is -1.06. The highest BCUT2D eigenvalue weighted by Gasteiger charge is 2.55. The van der Waals surface area contributed by atoms with Crippen LogP contribution in [0.3, 0.4) is 0 Å². The molecule has 4 atom stereocenters. The highest BCUT2D eigenvalue weighted by atomic mass is 127. The fraction of sp³-hybridized carbons (Fsp3) is 0.667. The van der Waals surface area contributed by atoms with E-state index in [4.69, 9.17) is 14.2 Å². The maximum Gasteiger partial charge on any atom is 0.330 e. The van der Waals surface area contributed by atoms with Crippen molar-refractivity contribution in [1.82, 2.24) is 9.55 Å². The molecule has 1 N–H and O–H groups in total. The number of H-pyrrole nitrogens is 1. The number of alkyl halides is 1. The lowest BCUT2D eigenvalue weighted by molar-refractivity contribution is -0.194. The first-order valence-corrected chi connectivity index (χ1v) is 7.93. The molecule has 21 heavy (non-hydrogen) atoms. The Morgan fingerprint density at radius 3 is 2.71 bits per heavy atom. The third-order valence-electron chi connectivity index (χ3n) is 3.48. The van der Waals surface area contributed by atoms with Crippen LogP contribution in [-0.4, -0.2) is 38.1 Å². The molecule has 9 heteroatoms. The average Bonchev–Trinajstić information content (AvgIpc) is 2.87.